The maximum absolute atomic E-state index is 13.2. The molecule has 164 valence electrons. The maximum atomic E-state index is 13.2. The van der Waals surface area contributed by atoms with Crippen LogP contribution in [0, 0.1) is 18.7 Å². The summed E-state index contributed by atoms with van der Waals surface area (Å²) in [7, 11) is 0. The topological polar surface area (TPSA) is 84.9 Å². The molecule has 1 heterocycles. The number of nitrogens with one attached hydrogen (secondary N) is 1. The van der Waals surface area contributed by atoms with Crippen molar-refractivity contribution in [3.05, 3.63) is 53.3 Å². The summed E-state index contributed by atoms with van der Waals surface area (Å²) in [4.78, 5) is 38.6. The Hall–Kier alpha value is -3.42. The summed E-state index contributed by atoms with van der Waals surface area (Å²) in [6.45, 7) is 5.55. The van der Waals surface area contributed by atoms with Gasteiger partial charge in [-0.2, -0.15) is 0 Å². The summed E-state index contributed by atoms with van der Waals surface area (Å²) >= 11 is 0. The van der Waals surface area contributed by atoms with Crippen LogP contribution in [0.5, 0.6) is 11.5 Å². The van der Waals surface area contributed by atoms with E-state index in [0.717, 1.165) is 0 Å². The number of hydrogen-bond donors (Lipinski definition) is 1. The number of nitrogens with zero attached hydrogens (tertiary/aromatic N) is 1. The van der Waals surface area contributed by atoms with Crippen molar-refractivity contribution in [1.82, 2.24) is 5.32 Å². The van der Waals surface area contributed by atoms with Gasteiger partial charge in [0.1, 0.15) is 23.9 Å². The number of anilines is 1. The molecule has 8 heteroatoms. The van der Waals surface area contributed by atoms with Crippen LogP contribution in [0.1, 0.15) is 29.8 Å². The number of hydrogen-bond acceptors (Lipinski definition) is 5. The minimum absolute atomic E-state index is 0.162. The lowest BCUT2D eigenvalue weighted by Crippen LogP contribution is -2.45. The van der Waals surface area contributed by atoms with Gasteiger partial charge in [0.15, 0.2) is 19.0 Å². The molecule has 1 aliphatic heterocycles. The molecule has 0 unspecified atom stereocenters. The van der Waals surface area contributed by atoms with Crippen LogP contribution in [0.15, 0.2) is 36.4 Å². The Morgan fingerprint density at radius 3 is 2.71 bits per heavy atom. The number of ether oxygens (including phenoxy) is 2. The number of Topliss-reactive ketones (excluding diaryl/α,β-unsaturated/α-hetero) is 1. The molecule has 31 heavy (non-hydrogen) atoms. The standard InChI is InChI=1S/C23H25FN2O5/c1-14(2)10-25-22(28)11-26-18-9-16(4-6-21(18)31-13-23(26)29)19(27)12-30-20-7-5-17(24)8-15(20)3/h4-9,14H,10-13H2,1-3H3,(H,25,28). The van der Waals surface area contributed by atoms with Crippen LogP contribution in [-0.4, -0.2) is 43.9 Å². The average molecular weight is 428 g/mol. The number of amides is 2. The van der Waals surface area contributed by atoms with Crippen molar-refractivity contribution in [3.63, 3.8) is 0 Å². The molecule has 2 amide bonds. The minimum atomic E-state index is -0.381. The van der Waals surface area contributed by atoms with Crippen LogP contribution in [0.4, 0.5) is 10.1 Å². The van der Waals surface area contributed by atoms with Crippen LogP contribution >= 0.6 is 0 Å². The summed E-state index contributed by atoms with van der Waals surface area (Å²) < 4.78 is 24.2. The van der Waals surface area contributed by atoms with Gasteiger partial charge in [0.05, 0.1) is 5.69 Å². The number of rotatable bonds is 8. The first-order valence-electron chi connectivity index (χ1n) is 10.0. The van der Waals surface area contributed by atoms with Crippen LogP contribution < -0.4 is 19.7 Å². The Labute approximate surface area is 180 Å². The predicted octanol–water partition coefficient (Wildman–Crippen LogP) is 2.89. The number of ketones is 1. The molecule has 0 bridgehead atoms. The Kier molecular flexibility index (Phi) is 6.89. The summed E-state index contributed by atoms with van der Waals surface area (Å²) in [5.41, 5.74) is 1.25. The summed E-state index contributed by atoms with van der Waals surface area (Å²) in [5, 5.41) is 2.78. The van der Waals surface area contributed by atoms with Crippen LogP contribution in [0.25, 0.3) is 0 Å². The highest BCUT2D eigenvalue weighted by atomic mass is 19.1. The van der Waals surface area contributed by atoms with E-state index in [-0.39, 0.29) is 49.1 Å². The van der Waals surface area contributed by atoms with E-state index in [1.54, 1.807) is 19.1 Å². The zero-order chi connectivity index (χ0) is 22.5. The van der Waals surface area contributed by atoms with E-state index >= 15 is 0 Å². The summed E-state index contributed by atoms with van der Waals surface area (Å²) in [5.74, 6) is -0.248. The molecule has 0 aromatic heterocycles. The van der Waals surface area contributed by atoms with Crippen molar-refractivity contribution in [2.75, 3.05) is 31.2 Å². The monoisotopic (exact) mass is 428 g/mol. The van der Waals surface area contributed by atoms with Gasteiger partial charge in [-0.1, -0.05) is 13.8 Å². The normalized spacial score (nSPS) is 12.9. The molecule has 1 N–H and O–H groups in total. The molecule has 2 aromatic rings. The van der Waals surface area contributed by atoms with Crippen LogP contribution in [-0.2, 0) is 9.59 Å². The average Bonchev–Trinajstić information content (AvgIpc) is 2.73. The summed E-state index contributed by atoms with van der Waals surface area (Å²) in [6.07, 6.45) is 0. The smallest absolute Gasteiger partial charge is 0.265 e. The number of fused-ring (bicyclic) bond motifs is 1. The third kappa shape index (κ3) is 5.59. The van der Waals surface area contributed by atoms with Gasteiger partial charge in [-0.25, -0.2) is 4.39 Å². The zero-order valence-electron chi connectivity index (χ0n) is 17.7. The molecule has 0 saturated heterocycles. The third-order valence-corrected chi connectivity index (χ3v) is 4.73. The lowest BCUT2D eigenvalue weighted by atomic mass is 10.1. The molecular formula is C23H25FN2O5. The highest BCUT2D eigenvalue weighted by molar-refractivity contribution is 6.04. The van der Waals surface area contributed by atoms with Gasteiger partial charge >= 0.3 is 0 Å². The number of aryl methyl sites for hydroxylation is 1. The van der Waals surface area contributed by atoms with Gasteiger partial charge in [0.25, 0.3) is 5.91 Å². The van der Waals surface area contributed by atoms with Gasteiger partial charge in [-0.3, -0.25) is 19.3 Å². The molecule has 7 nitrogen and oxygen atoms in total. The Bertz CT molecular complexity index is 1010. The first-order chi connectivity index (χ1) is 14.7. The third-order valence-electron chi connectivity index (χ3n) is 4.73. The van der Waals surface area contributed by atoms with Gasteiger partial charge in [0.2, 0.25) is 5.91 Å². The predicted molar refractivity (Wildman–Crippen MR) is 113 cm³/mol. The quantitative estimate of drug-likeness (QED) is 0.654. The van der Waals surface area contributed by atoms with Gasteiger partial charge in [0, 0.05) is 12.1 Å². The van der Waals surface area contributed by atoms with Crippen molar-refractivity contribution in [2.24, 2.45) is 5.92 Å². The van der Waals surface area contributed by atoms with Gasteiger partial charge < -0.3 is 14.8 Å². The SMILES string of the molecule is Cc1cc(F)ccc1OCC(=O)c1ccc2c(c1)N(CC(=O)NCC(C)C)C(=O)CO2. The maximum Gasteiger partial charge on any atom is 0.265 e. The fraction of sp³-hybridized carbons (Fsp3) is 0.348. The minimum Gasteiger partial charge on any atom is -0.485 e. The molecular weight excluding hydrogens is 403 g/mol. The first-order valence-corrected chi connectivity index (χ1v) is 10.0. The fourth-order valence-corrected chi connectivity index (χ4v) is 3.07. The van der Waals surface area contributed by atoms with E-state index in [0.29, 0.717) is 34.9 Å². The second kappa shape index (κ2) is 9.59. The molecule has 0 atom stereocenters. The largest absolute Gasteiger partial charge is 0.485 e. The van der Waals surface area contributed by atoms with Crippen molar-refractivity contribution in [2.45, 2.75) is 20.8 Å². The Morgan fingerprint density at radius 1 is 1.23 bits per heavy atom. The van der Waals surface area contributed by atoms with Crippen LogP contribution in [0.3, 0.4) is 0 Å². The molecule has 3 rings (SSSR count). The molecule has 2 aromatic carbocycles. The Morgan fingerprint density at radius 2 is 2.00 bits per heavy atom. The van der Waals surface area contributed by atoms with E-state index in [1.165, 1.54) is 29.2 Å². The lowest BCUT2D eigenvalue weighted by molar-refractivity contribution is -0.125. The first kappa shape index (κ1) is 22.3. The summed E-state index contributed by atoms with van der Waals surface area (Å²) in [6, 6.07) is 8.74. The lowest BCUT2D eigenvalue weighted by Gasteiger charge is -2.29. The van der Waals surface area contributed by atoms with Crippen molar-refractivity contribution >= 4 is 23.3 Å². The second-order valence-corrected chi connectivity index (χ2v) is 7.77. The number of benzene rings is 2. The number of carbonyl (C=O) groups excluding carboxylic acids is 3. The molecule has 1 aliphatic rings. The highest BCUT2D eigenvalue weighted by Crippen LogP contribution is 2.33. The molecule has 0 fully saturated rings. The van der Waals surface area contributed by atoms with E-state index in [2.05, 4.69) is 5.32 Å². The molecule has 0 aliphatic carbocycles. The highest BCUT2D eigenvalue weighted by Gasteiger charge is 2.28. The van der Waals surface area contributed by atoms with Gasteiger partial charge in [-0.15, -0.1) is 0 Å². The fourth-order valence-electron chi connectivity index (χ4n) is 3.07. The van der Waals surface area contributed by atoms with E-state index in [4.69, 9.17) is 9.47 Å². The second-order valence-electron chi connectivity index (χ2n) is 7.77. The van der Waals surface area contributed by atoms with Gasteiger partial charge in [-0.05, 0) is 54.8 Å². The Balaban J connectivity index is 1.73. The van der Waals surface area contributed by atoms with Crippen molar-refractivity contribution < 1.29 is 28.2 Å². The molecule has 0 radical (unpaired) electrons. The van der Waals surface area contributed by atoms with E-state index < -0.39 is 0 Å². The molecule has 0 spiro atoms. The molecule has 0 saturated carbocycles. The number of halogens is 1. The van der Waals surface area contributed by atoms with Crippen molar-refractivity contribution in [1.29, 1.82) is 0 Å². The van der Waals surface area contributed by atoms with Crippen LogP contribution in [0.2, 0.25) is 0 Å². The van der Waals surface area contributed by atoms with E-state index in [9.17, 15) is 18.8 Å². The number of carbonyl (C=O) groups is 3. The van der Waals surface area contributed by atoms with Crippen molar-refractivity contribution in [3.8, 4) is 11.5 Å². The zero-order valence-corrected chi connectivity index (χ0v) is 17.7. The van der Waals surface area contributed by atoms with E-state index in [1.807, 2.05) is 13.8 Å².